The van der Waals surface area contributed by atoms with Crippen LogP contribution >= 0.6 is 11.3 Å². The van der Waals surface area contributed by atoms with Crippen LogP contribution in [0.15, 0.2) is 54.1 Å². The molecular weight excluding hydrogens is 380 g/mol. The third-order valence-corrected chi connectivity index (χ3v) is 6.24. The van der Waals surface area contributed by atoms with E-state index in [4.69, 9.17) is 4.98 Å². The Balaban J connectivity index is 1.50. The zero-order valence-electron chi connectivity index (χ0n) is 15.6. The Labute approximate surface area is 170 Å². The SMILES string of the molecule is C1=C(c2ccc3[nH]nc(-c4cc5c(-c6cccs6)nccc5[nH]4)c3n2)CCNC1. The highest BCUT2D eigenvalue weighted by molar-refractivity contribution is 7.13. The maximum atomic E-state index is 4.95. The summed E-state index contributed by atoms with van der Waals surface area (Å²) in [5, 5.41) is 14.2. The molecule has 0 radical (unpaired) electrons. The fourth-order valence-electron chi connectivity index (χ4n) is 3.91. The summed E-state index contributed by atoms with van der Waals surface area (Å²) >= 11 is 1.70. The minimum absolute atomic E-state index is 0.838. The van der Waals surface area contributed by atoms with Crippen molar-refractivity contribution in [3.05, 3.63) is 59.7 Å². The van der Waals surface area contributed by atoms with Gasteiger partial charge in [0.2, 0.25) is 0 Å². The minimum atomic E-state index is 0.838. The molecule has 3 N–H and O–H groups in total. The lowest BCUT2D eigenvalue weighted by molar-refractivity contribution is 0.737. The standard InChI is InChI=1S/C22H18N6S/c1-2-19(29-11-1)20-14-12-18(25-16(14)7-10-24-20)22-21-17(27-28-22)4-3-15(26-21)13-5-8-23-9-6-13/h1-5,7,10-12,23,25H,6,8-9H2,(H,27,28). The topological polar surface area (TPSA) is 82.3 Å². The molecule has 0 unspecified atom stereocenters. The summed E-state index contributed by atoms with van der Waals surface area (Å²) in [6.45, 7) is 1.89. The molecule has 0 bridgehead atoms. The van der Waals surface area contributed by atoms with E-state index in [0.717, 1.165) is 69.1 Å². The number of rotatable bonds is 3. The number of pyridine rings is 2. The molecule has 0 spiro atoms. The third kappa shape index (κ3) is 2.78. The third-order valence-electron chi connectivity index (χ3n) is 5.36. The van der Waals surface area contributed by atoms with Gasteiger partial charge in [0.1, 0.15) is 11.2 Å². The maximum Gasteiger partial charge on any atom is 0.135 e. The average molecular weight is 398 g/mol. The van der Waals surface area contributed by atoms with Crippen molar-refractivity contribution >= 4 is 38.8 Å². The van der Waals surface area contributed by atoms with Crippen LogP contribution in [0.3, 0.4) is 0 Å². The van der Waals surface area contributed by atoms with E-state index in [9.17, 15) is 0 Å². The molecule has 1 aliphatic heterocycles. The van der Waals surface area contributed by atoms with E-state index in [-0.39, 0.29) is 0 Å². The molecule has 0 aliphatic carbocycles. The van der Waals surface area contributed by atoms with Gasteiger partial charge in [0.25, 0.3) is 0 Å². The van der Waals surface area contributed by atoms with Gasteiger partial charge < -0.3 is 10.3 Å². The van der Waals surface area contributed by atoms with Crippen molar-refractivity contribution in [3.8, 4) is 22.0 Å². The summed E-state index contributed by atoms with van der Waals surface area (Å²) in [6.07, 6.45) is 5.06. The van der Waals surface area contributed by atoms with Crippen molar-refractivity contribution in [1.82, 2.24) is 30.5 Å². The largest absolute Gasteiger partial charge is 0.353 e. The monoisotopic (exact) mass is 398 g/mol. The summed E-state index contributed by atoms with van der Waals surface area (Å²) in [5.74, 6) is 0. The lowest BCUT2D eigenvalue weighted by Crippen LogP contribution is -2.20. The Bertz CT molecular complexity index is 1360. The van der Waals surface area contributed by atoms with Crippen molar-refractivity contribution < 1.29 is 0 Å². The van der Waals surface area contributed by atoms with Gasteiger partial charge in [0.15, 0.2) is 0 Å². The molecule has 1 aliphatic rings. The van der Waals surface area contributed by atoms with Gasteiger partial charge in [-0.05, 0) is 54.3 Å². The van der Waals surface area contributed by atoms with Crippen molar-refractivity contribution in [3.63, 3.8) is 0 Å². The number of hydrogen-bond acceptors (Lipinski definition) is 5. The first-order valence-electron chi connectivity index (χ1n) is 9.64. The molecule has 7 heteroatoms. The van der Waals surface area contributed by atoms with Crippen molar-refractivity contribution in [1.29, 1.82) is 0 Å². The number of aromatic nitrogens is 5. The molecule has 6 nitrogen and oxygen atoms in total. The van der Waals surface area contributed by atoms with Gasteiger partial charge in [-0.3, -0.25) is 10.1 Å². The smallest absolute Gasteiger partial charge is 0.135 e. The summed E-state index contributed by atoms with van der Waals surface area (Å²) in [7, 11) is 0. The number of nitrogens with one attached hydrogen (secondary N) is 3. The van der Waals surface area contributed by atoms with Gasteiger partial charge in [-0.25, -0.2) is 4.98 Å². The number of hydrogen-bond donors (Lipinski definition) is 3. The second-order valence-electron chi connectivity index (χ2n) is 7.13. The zero-order valence-corrected chi connectivity index (χ0v) is 16.4. The van der Waals surface area contributed by atoms with Gasteiger partial charge >= 0.3 is 0 Å². The van der Waals surface area contributed by atoms with Crippen LogP contribution in [0.1, 0.15) is 12.1 Å². The highest BCUT2D eigenvalue weighted by Gasteiger charge is 2.16. The Morgan fingerprint density at radius 3 is 2.90 bits per heavy atom. The zero-order chi connectivity index (χ0) is 19.2. The van der Waals surface area contributed by atoms with Crippen LogP contribution in [0.4, 0.5) is 0 Å². The van der Waals surface area contributed by atoms with Crippen LogP contribution in [0.5, 0.6) is 0 Å². The van der Waals surface area contributed by atoms with Crippen LogP contribution < -0.4 is 5.32 Å². The lowest BCUT2D eigenvalue weighted by atomic mass is 10.0. The lowest BCUT2D eigenvalue weighted by Gasteiger charge is -2.13. The molecule has 0 saturated heterocycles. The molecule has 29 heavy (non-hydrogen) atoms. The molecular formula is C22H18N6S. The number of H-pyrrole nitrogens is 2. The second-order valence-corrected chi connectivity index (χ2v) is 8.08. The van der Waals surface area contributed by atoms with E-state index in [1.807, 2.05) is 12.3 Å². The van der Waals surface area contributed by atoms with Crippen molar-refractivity contribution in [2.45, 2.75) is 6.42 Å². The predicted molar refractivity (Wildman–Crippen MR) is 118 cm³/mol. The molecule has 6 rings (SSSR count). The summed E-state index contributed by atoms with van der Waals surface area (Å²) in [4.78, 5) is 14.2. The van der Waals surface area contributed by atoms with E-state index in [1.165, 1.54) is 5.57 Å². The van der Waals surface area contributed by atoms with Gasteiger partial charge in [-0.1, -0.05) is 12.1 Å². The second kappa shape index (κ2) is 6.65. The average Bonchev–Trinajstić information content (AvgIpc) is 3.52. The molecule has 0 fully saturated rings. The molecule has 0 saturated carbocycles. The molecule has 5 aromatic heterocycles. The first-order chi connectivity index (χ1) is 14.4. The number of fused-ring (bicyclic) bond motifs is 2. The van der Waals surface area contributed by atoms with E-state index >= 15 is 0 Å². The Morgan fingerprint density at radius 2 is 2.03 bits per heavy atom. The van der Waals surface area contributed by atoms with E-state index in [1.54, 1.807) is 11.3 Å². The van der Waals surface area contributed by atoms with Crippen LogP contribution in [0.25, 0.3) is 49.5 Å². The van der Waals surface area contributed by atoms with Crippen LogP contribution in [-0.2, 0) is 0 Å². The van der Waals surface area contributed by atoms with Crippen LogP contribution in [0.2, 0.25) is 0 Å². The Hall–Kier alpha value is -3.29. The highest BCUT2D eigenvalue weighted by Crippen LogP contribution is 2.34. The van der Waals surface area contributed by atoms with Gasteiger partial charge in [0.05, 0.1) is 27.5 Å². The van der Waals surface area contributed by atoms with Crippen molar-refractivity contribution in [2.24, 2.45) is 0 Å². The van der Waals surface area contributed by atoms with Crippen molar-refractivity contribution in [2.75, 3.05) is 13.1 Å². The minimum Gasteiger partial charge on any atom is -0.353 e. The van der Waals surface area contributed by atoms with Crippen LogP contribution in [0, 0.1) is 0 Å². The molecule has 5 aromatic rings. The predicted octanol–water partition coefficient (Wildman–Crippen LogP) is 4.61. The summed E-state index contributed by atoms with van der Waals surface area (Å²) in [6, 6.07) is 12.4. The quantitative estimate of drug-likeness (QED) is 0.415. The van der Waals surface area contributed by atoms with Gasteiger partial charge in [-0.15, -0.1) is 11.3 Å². The number of aromatic amines is 2. The fraction of sp³-hybridized carbons (Fsp3) is 0.136. The molecule has 0 amide bonds. The first-order valence-corrected chi connectivity index (χ1v) is 10.5. The number of nitrogens with zero attached hydrogens (tertiary/aromatic N) is 3. The normalized spacial score (nSPS) is 14.6. The van der Waals surface area contributed by atoms with E-state index < -0.39 is 0 Å². The molecule has 6 heterocycles. The van der Waals surface area contributed by atoms with Gasteiger partial charge in [-0.2, -0.15) is 5.10 Å². The van der Waals surface area contributed by atoms with E-state index in [2.05, 4.69) is 67.3 Å². The Morgan fingerprint density at radius 1 is 1.03 bits per heavy atom. The molecule has 142 valence electrons. The summed E-state index contributed by atoms with van der Waals surface area (Å²) in [5.41, 5.74) is 7.97. The first kappa shape index (κ1) is 16.6. The fourth-order valence-corrected chi connectivity index (χ4v) is 4.65. The van der Waals surface area contributed by atoms with E-state index in [0.29, 0.717) is 0 Å². The van der Waals surface area contributed by atoms with Gasteiger partial charge in [0, 0.05) is 23.6 Å². The number of thiophene rings is 1. The van der Waals surface area contributed by atoms with Crippen LogP contribution in [-0.4, -0.2) is 38.2 Å². The Kier molecular flexibility index (Phi) is 3.82. The highest BCUT2D eigenvalue weighted by atomic mass is 32.1. The summed E-state index contributed by atoms with van der Waals surface area (Å²) < 4.78 is 0. The molecule has 0 aromatic carbocycles. The maximum absolute atomic E-state index is 4.95. The molecule has 0 atom stereocenters.